The van der Waals surface area contributed by atoms with Crippen LogP contribution in [-0.4, -0.2) is 28.8 Å². The van der Waals surface area contributed by atoms with Crippen molar-refractivity contribution in [1.82, 2.24) is 4.98 Å². The molecule has 2 rings (SSSR count). The number of pyridine rings is 1. The molecule has 0 aromatic carbocycles. The lowest BCUT2D eigenvalue weighted by atomic mass is 10.1. The number of β-amino-alcohol motifs (C(OH)–C–C–N with tert-alkyl or cyclic N) is 1. The zero-order chi connectivity index (χ0) is 11.1. The summed E-state index contributed by atoms with van der Waals surface area (Å²) < 4.78 is 14.2. The van der Waals surface area contributed by atoms with Gasteiger partial charge in [0.1, 0.15) is 0 Å². The van der Waals surface area contributed by atoms with Crippen LogP contribution in [0.3, 0.4) is 0 Å². The topological polar surface area (TPSA) is 36.4 Å². The van der Waals surface area contributed by atoms with Crippen LogP contribution in [0, 0.1) is 5.95 Å². The zero-order valence-electron chi connectivity index (χ0n) is 8.37. The molecule has 15 heavy (non-hydrogen) atoms. The van der Waals surface area contributed by atoms with Crippen LogP contribution in [0.1, 0.15) is 13.3 Å². The van der Waals surface area contributed by atoms with Gasteiger partial charge in [-0.3, -0.25) is 0 Å². The van der Waals surface area contributed by atoms with Gasteiger partial charge in [0.15, 0.2) is 0 Å². The third kappa shape index (κ3) is 2.29. The number of anilines is 1. The standard InChI is InChI=1S/C10H12BrFN2O/c1-10(15)2-3-14(6-10)8-4-7(11)5-13-9(8)12/h4-5,15H,2-3,6H2,1H3/t10-/m1/s1. The average Bonchev–Trinajstić information content (AvgIpc) is 2.50. The van der Waals surface area contributed by atoms with Gasteiger partial charge < -0.3 is 10.0 Å². The predicted molar refractivity (Wildman–Crippen MR) is 59.3 cm³/mol. The van der Waals surface area contributed by atoms with Crippen molar-refractivity contribution in [3.05, 3.63) is 22.7 Å². The van der Waals surface area contributed by atoms with Crippen molar-refractivity contribution in [2.24, 2.45) is 0 Å². The fraction of sp³-hybridized carbons (Fsp3) is 0.500. The number of hydrogen-bond acceptors (Lipinski definition) is 3. The fourth-order valence-corrected chi connectivity index (χ4v) is 2.10. The van der Waals surface area contributed by atoms with Crippen LogP contribution in [0.15, 0.2) is 16.7 Å². The number of rotatable bonds is 1. The van der Waals surface area contributed by atoms with Crippen LogP contribution in [0.2, 0.25) is 0 Å². The first kappa shape index (κ1) is 10.8. The van der Waals surface area contributed by atoms with Crippen LogP contribution < -0.4 is 4.90 Å². The second-order valence-electron chi connectivity index (χ2n) is 4.13. The number of aromatic nitrogens is 1. The van der Waals surface area contributed by atoms with Gasteiger partial charge in [0.2, 0.25) is 5.95 Å². The van der Waals surface area contributed by atoms with Gasteiger partial charge in [-0.05, 0) is 35.3 Å². The number of hydrogen-bond donors (Lipinski definition) is 1. The summed E-state index contributed by atoms with van der Waals surface area (Å²) in [4.78, 5) is 5.45. The quantitative estimate of drug-likeness (QED) is 0.796. The van der Waals surface area contributed by atoms with E-state index in [1.165, 1.54) is 6.20 Å². The molecule has 0 amide bonds. The highest BCUT2D eigenvalue weighted by Crippen LogP contribution is 2.29. The second kappa shape index (κ2) is 3.72. The largest absolute Gasteiger partial charge is 0.388 e. The van der Waals surface area contributed by atoms with Crippen molar-refractivity contribution >= 4 is 21.6 Å². The maximum absolute atomic E-state index is 13.4. The lowest BCUT2D eigenvalue weighted by Crippen LogP contribution is -2.30. The minimum absolute atomic E-state index is 0.446. The van der Waals surface area contributed by atoms with Gasteiger partial charge in [-0.2, -0.15) is 4.39 Å². The van der Waals surface area contributed by atoms with Crippen molar-refractivity contribution in [1.29, 1.82) is 0 Å². The van der Waals surface area contributed by atoms with E-state index < -0.39 is 11.5 Å². The molecule has 1 atom stereocenters. The van der Waals surface area contributed by atoms with E-state index in [0.717, 1.165) is 4.47 Å². The molecule has 3 nitrogen and oxygen atoms in total. The first-order valence-electron chi connectivity index (χ1n) is 4.76. The summed E-state index contributed by atoms with van der Waals surface area (Å²) in [5, 5.41) is 9.79. The van der Waals surface area contributed by atoms with E-state index in [1.54, 1.807) is 13.0 Å². The summed E-state index contributed by atoms with van der Waals surface area (Å²) in [6.07, 6.45) is 2.08. The summed E-state index contributed by atoms with van der Waals surface area (Å²) in [6.45, 7) is 2.86. The molecule has 0 bridgehead atoms. The van der Waals surface area contributed by atoms with E-state index in [0.29, 0.717) is 25.2 Å². The van der Waals surface area contributed by atoms with Crippen LogP contribution in [0.25, 0.3) is 0 Å². The highest BCUT2D eigenvalue weighted by Gasteiger charge is 2.32. The smallest absolute Gasteiger partial charge is 0.236 e. The Morgan fingerprint density at radius 3 is 3.00 bits per heavy atom. The second-order valence-corrected chi connectivity index (χ2v) is 5.05. The van der Waals surface area contributed by atoms with Gasteiger partial charge in [-0.1, -0.05) is 0 Å². The Hall–Kier alpha value is -0.680. The average molecular weight is 275 g/mol. The molecule has 1 fully saturated rings. The van der Waals surface area contributed by atoms with E-state index in [2.05, 4.69) is 20.9 Å². The molecule has 1 aliphatic rings. The minimum Gasteiger partial charge on any atom is -0.388 e. The summed E-state index contributed by atoms with van der Waals surface area (Å²) >= 11 is 3.25. The molecule has 0 aliphatic carbocycles. The van der Waals surface area contributed by atoms with Crippen molar-refractivity contribution in [3.8, 4) is 0 Å². The van der Waals surface area contributed by atoms with E-state index in [1.807, 2.05) is 4.90 Å². The van der Waals surface area contributed by atoms with Crippen LogP contribution in [0.5, 0.6) is 0 Å². The molecule has 1 N–H and O–H groups in total. The molecule has 1 aromatic rings. The zero-order valence-corrected chi connectivity index (χ0v) is 9.96. The Morgan fingerprint density at radius 2 is 2.40 bits per heavy atom. The van der Waals surface area contributed by atoms with Crippen molar-refractivity contribution < 1.29 is 9.50 Å². The maximum atomic E-state index is 13.4. The molecule has 0 spiro atoms. The molecule has 2 heterocycles. The monoisotopic (exact) mass is 274 g/mol. The Kier molecular flexibility index (Phi) is 2.68. The predicted octanol–water partition coefficient (Wildman–Crippen LogP) is 1.94. The van der Waals surface area contributed by atoms with Crippen LogP contribution in [-0.2, 0) is 0 Å². The van der Waals surface area contributed by atoms with Crippen molar-refractivity contribution in [3.63, 3.8) is 0 Å². The molecule has 1 saturated heterocycles. The summed E-state index contributed by atoms with van der Waals surface area (Å²) in [5.74, 6) is -0.490. The van der Waals surface area contributed by atoms with E-state index >= 15 is 0 Å². The Morgan fingerprint density at radius 1 is 1.67 bits per heavy atom. The molecular weight excluding hydrogens is 263 g/mol. The molecule has 5 heteroatoms. The lowest BCUT2D eigenvalue weighted by molar-refractivity contribution is 0.0839. The van der Waals surface area contributed by atoms with E-state index in [9.17, 15) is 9.50 Å². The van der Waals surface area contributed by atoms with Crippen molar-refractivity contribution in [2.75, 3.05) is 18.0 Å². The van der Waals surface area contributed by atoms with E-state index in [-0.39, 0.29) is 0 Å². The van der Waals surface area contributed by atoms with E-state index in [4.69, 9.17) is 0 Å². The first-order valence-corrected chi connectivity index (χ1v) is 5.56. The summed E-state index contributed by atoms with van der Waals surface area (Å²) in [6, 6.07) is 1.68. The third-order valence-electron chi connectivity index (χ3n) is 2.58. The SMILES string of the molecule is C[C@@]1(O)CCN(c2cc(Br)cnc2F)C1. The van der Waals surface area contributed by atoms with Gasteiger partial charge in [-0.25, -0.2) is 4.98 Å². The molecule has 82 valence electrons. The summed E-state index contributed by atoms with van der Waals surface area (Å²) in [7, 11) is 0. The number of aliphatic hydroxyl groups is 1. The summed E-state index contributed by atoms with van der Waals surface area (Å²) in [5.41, 5.74) is -0.281. The van der Waals surface area contributed by atoms with Gasteiger partial charge >= 0.3 is 0 Å². The van der Waals surface area contributed by atoms with Crippen LogP contribution in [0.4, 0.5) is 10.1 Å². The van der Waals surface area contributed by atoms with Crippen LogP contribution >= 0.6 is 15.9 Å². The van der Waals surface area contributed by atoms with Crippen molar-refractivity contribution in [2.45, 2.75) is 18.9 Å². The van der Waals surface area contributed by atoms with Gasteiger partial charge in [-0.15, -0.1) is 0 Å². The lowest BCUT2D eigenvalue weighted by Gasteiger charge is -2.20. The third-order valence-corrected chi connectivity index (χ3v) is 3.01. The molecular formula is C10H12BrFN2O. The highest BCUT2D eigenvalue weighted by atomic mass is 79.9. The van der Waals surface area contributed by atoms with Gasteiger partial charge in [0.25, 0.3) is 0 Å². The highest BCUT2D eigenvalue weighted by molar-refractivity contribution is 9.10. The molecule has 0 unspecified atom stereocenters. The number of halogens is 2. The van der Waals surface area contributed by atoms with Gasteiger partial charge in [0.05, 0.1) is 11.3 Å². The van der Waals surface area contributed by atoms with Gasteiger partial charge in [0, 0.05) is 23.8 Å². The molecule has 1 aromatic heterocycles. The normalized spacial score (nSPS) is 26.0. The molecule has 1 aliphatic heterocycles. The first-order chi connectivity index (χ1) is 6.98. The Labute approximate surface area is 96.1 Å². The Bertz CT molecular complexity index is 384. The fourth-order valence-electron chi connectivity index (χ4n) is 1.78. The molecule has 0 saturated carbocycles. The number of nitrogens with zero attached hydrogens (tertiary/aromatic N) is 2. The maximum Gasteiger partial charge on any atom is 0.236 e. The Balaban J connectivity index is 2.27. The minimum atomic E-state index is -0.727. The molecule has 0 radical (unpaired) electrons.